The van der Waals surface area contributed by atoms with Crippen molar-refractivity contribution in [1.29, 1.82) is 0 Å². The van der Waals surface area contributed by atoms with E-state index in [-0.39, 0.29) is 11.9 Å². The van der Waals surface area contributed by atoms with Crippen molar-refractivity contribution in [2.24, 2.45) is 5.92 Å². The molecule has 1 amide bonds. The molecule has 146 valence electrons. The number of nitrogens with zero attached hydrogens (tertiary/aromatic N) is 4. The summed E-state index contributed by atoms with van der Waals surface area (Å²) in [5, 5.41) is 1.12. The van der Waals surface area contributed by atoms with Gasteiger partial charge in [-0.2, -0.15) is 0 Å². The SMILES string of the molecule is C[C@@H]1CCN(C(=O)CCc2cccnc2)CC1N(C)c1ccnc2[nH]ccc12. The molecule has 4 heterocycles. The maximum Gasteiger partial charge on any atom is 0.222 e. The van der Waals surface area contributed by atoms with Crippen LogP contribution in [0, 0.1) is 5.92 Å². The molecular weight excluding hydrogens is 350 g/mol. The number of hydrogen-bond donors (Lipinski definition) is 1. The fraction of sp³-hybridized carbons (Fsp3) is 0.409. The predicted octanol–water partition coefficient (Wildman–Crippen LogP) is 3.26. The minimum atomic E-state index is 0.232. The van der Waals surface area contributed by atoms with Crippen LogP contribution < -0.4 is 4.90 Å². The van der Waals surface area contributed by atoms with E-state index in [1.54, 1.807) is 6.20 Å². The van der Waals surface area contributed by atoms with Gasteiger partial charge in [0.1, 0.15) is 5.65 Å². The maximum absolute atomic E-state index is 12.8. The van der Waals surface area contributed by atoms with Gasteiger partial charge in [-0.15, -0.1) is 0 Å². The van der Waals surface area contributed by atoms with E-state index in [9.17, 15) is 4.79 Å². The molecular formula is C22H27N5O. The Morgan fingerprint density at radius 2 is 2.21 bits per heavy atom. The first-order valence-electron chi connectivity index (χ1n) is 9.95. The molecule has 3 aromatic rings. The standard InChI is InChI=1S/C22H27N5O/c1-16-9-13-27(21(28)6-5-17-4-3-10-23-14-17)15-20(16)26(2)19-8-12-25-22-18(19)7-11-24-22/h3-4,7-8,10-12,14,16,20H,5-6,9,13,15H2,1-2H3,(H,24,25)/t16-,20?/m1/s1. The number of likely N-dealkylation sites (N-methyl/N-ethyl adjacent to an activating group) is 1. The van der Waals surface area contributed by atoms with E-state index < -0.39 is 0 Å². The zero-order chi connectivity index (χ0) is 19.5. The molecule has 1 unspecified atom stereocenters. The lowest BCUT2D eigenvalue weighted by atomic mass is 9.91. The van der Waals surface area contributed by atoms with Gasteiger partial charge >= 0.3 is 0 Å². The second-order valence-electron chi connectivity index (χ2n) is 7.72. The molecule has 0 aliphatic carbocycles. The van der Waals surface area contributed by atoms with E-state index in [0.29, 0.717) is 12.3 Å². The summed E-state index contributed by atoms with van der Waals surface area (Å²) in [7, 11) is 2.13. The Morgan fingerprint density at radius 1 is 1.32 bits per heavy atom. The van der Waals surface area contributed by atoms with Gasteiger partial charge in [0.05, 0.1) is 0 Å². The van der Waals surface area contributed by atoms with Crippen LogP contribution in [-0.2, 0) is 11.2 Å². The second-order valence-corrected chi connectivity index (χ2v) is 7.72. The number of amides is 1. The van der Waals surface area contributed by atoms with E-state index in [4.69, 9.17) is 0 Å². The van der Waals surface area contributed by atoms with Crippen LogP contribution in [0.15, 0.2) is 49.1 Å². The Hall–Kier alpha value is -2.89. The number of pyridine rings is 2. The van der Waals surface area contributed by atoms with Crippen LogP contribution in [-0.4, -0.2) is 51.9 Å². The third kappa shape index (κ3) is 3.72. The number of rotatable bonds is 5. The van der Waals surface area contributed by atoms with E-state index >= 15 is 0 Å². The third-order valence-corrected chi connectivity index (χ3v) is 5.94. The molecule has 1 saturated heterocycles. The van der Waals surface area contributed by atoms with E-state index in [2.05, 4.69) is 46.0 Å². The molecule has 3 aromatic heterocycles. The number of hydrogen-bond acceptors (Lipinski definition) is 4. The zero-order valence-electron chi connectivity index (χ0n) is 16.5. The summed E-state index contributed by atoms with van der Waals surface area (Å²) >= 11 is 0. The molecule has 1 aliphatic rings. The van der Waals surface area contributed by atoms with Gasteiger partial charge in [-0.3, -0.25) is 9.78 Å². The summed E-state index contributed by atoms with van der Waals surface area (Å²) in [5.74, 6) is 0.755. The number of fused-ring (bicyclic) bond motifs is 1. The summed E-state index contributed by atoms with van der Waals surface area (Å²) in [6.45, 7) is 3.89. The van der Waals surface area contributed by atoms with Crippen LogP contribution in [0.1, 0.15) is 25.3 Å². The highest BCUT2D eigenvalue weighted by Gasteiger charge is 2.32. The lowest BCUT2D eigenvalue weighted by Gasteiger charge is -2.42. The van der Waals surface area contributed by atoms with Crippen LogP contribution in [0.25, 0.3) is 11.0 Å². The van der Waals surface area contributed by atoms with Gasteiger partial charge < -0.3 is 14.8 Å². The van der Waals surface area contributed by atoms with Crippen molar-refractivity contribution in [1.82, 2.24) is 19.9 Å². The topological polar surface area (TPSA) is 65.1 Å². The van der Waals surface area contributed by atoms with Crippen molar-refractivity contribution in [3.8, 4) is 0 Å². The largest absolute Gasteiger partial charge is 0.369 e. The molecule has 0 aromatic carbocycles. The normalized spacial score (nSPS) is 19.7. The highest BCUT2D eigenvalue weighted by atomic mass is 16.2. The Kier molecular flexibility index (Phi) is 5.28. The summed E-state index contributed by atoms with van der Waals surface area (Å²) in [6.07, 6.45) is 9.67. The first-order chi connectivity index (χ1) is 13.6. The van der Waals surface area contributed by atoms with Crippen LogP contribution in [0.4, 0.5) is 5.69 Å². The number of carbonyl (C=O) groups is 1. The third-order valence-electron chi connectivity index (χ3n) is 5.94. The highest BCUT2D eigenvalue weighted by molar-refractivity contribution is 5.89. The van der Waals surface area contributed by atoms with Crippen molar-refractivity contribution in [3.63, 3.8) is 0 Å². The number of anilines is 1. The quantitative estimate of drug-likeness (QED) is 0.741. The minimum absolute atomic E-state index is 0.232. The first-order valence-corrected chi connectivity index (χ1v) is 9.95. The average Bonchev–Trinajstić information content (AvgIpc) is 3.21. The van der Waals surface area contributed by atoms with Gasteiger partial charge in [-0.1, -0.05) is 13.0 Å². The lowest BCUT2D eigenvalue weighted by Crippen LogP contribution is -2.52. The minimum Gasteiger partial charge on any atom is -0.369 e. The predicted molar refractivity (Wildman–Crippen MR) is 111 cm³/mol. The zero-order valence-corrected chi connectivity index (χ0v) is 16.5. The molecule has 2 atom stereocenters. The number of H-pyrrole nitrogens is 1. The molecule has 0 saturated carbocycles. The van der Waals surface area contributed by atoms with Crippen molar-refractivity contribution >= 4 is 22.6 Å². The number of piperidine rings is 1. The summed E-state index contributed by atoms with van der Waals surface area (Å²) in [4.78, 5) is 28.9. The molecule has 1 fully saturated rings. The molecule has 28 heavy (non-hydrogen) atoms. The Labute approximate surface area is 165 Å². The number of likely N-dealkylation sites (tertiary alicyclic amines) is 1. The van der Waals surface area contributed by atoms with Gasteiger partial charge in [-0.25, -0.2) is 4.98 Å². The van der Waals surface area contributed by atoms with Gasteiger partial charge in [-0.05, 0) is 42.5 Å². The number of carbonyl (C=O) groups excluding carboxylic acids is 1. The number of aromatic nitrogens is 3. The van der Waals surface area contributed by atoms with Gasteiger partial charge in [0.15, 0.2) is 0 Å². The van der Waals surface area contributed by atoms with E-state index in [1.807, 2.05) is 35.6 Å². The fourth-order valence-corrected chi connectivity index (χ4v) is 4.17. The first kappa shape index (κ1) is 18.5. The van der Waals surface area contributed by atoms with Crippen LogP contribution in [0.5, 0.6) is 0 Å². The average molecular weight is 377 g/mol. The molecule has 1 N–H and O–H groups in total. The summed E-state index contributed by atoms with van der Waals surface area (Å²) in [6, 6.07) is 8.37. The van der Waals surface area contributed by atoms with Crippen molar-refractivity contribution < 1.29 is 4.79 Å². The molecule has 0 spiro atoms. The smallest absolute Gasteiger partial charge is 0.222 e. The van der Waals surface area contributed by atoms with Crippen molar-refractivity contribution in [3.05, 3.63) is 54.6 Å². The van der Waals surface area contributed by atoms with Crippen LogP contribution in [0.3, 0.4) is 0 Å². The molecule has 6 heteroatoms. The molecule has 4 rings (SSSR count). The monoisotopic (exact) mass is 377 g/mol. The number of aromatic amines is 1. The molecule has 1 aliphatic heterocycles. The lowest BCUT2D eigenvalue weighted by molar-refractivity contribution is -0.132. The Morgan fingerprint density at radius 3 is 3.04 bits per heavy atom. The fourth-order valence-electron chi connectivity index (χ4n) is 4.17. The second kappa shape index (κ2) is 8.00. The van der Waals surface area contributed by atoms with Gasteiger partial charge in [0.25, 0.3) is 0 Å². The van der Waals surface area contributed by atoms with E-state index in [0.717, 1.165) is 48.2 Å². The van der Waals surface area contributed by atoms with Gasteiger partial charge in [0, 0.05) is 68.5 Å². The number of nitrogens with one attached hydrogen (secondary N) is 1. The Balaban J connectivity index is 1.45. The maximum atomic E-state index is 12.8. The molecule has 0 radical (unpaired) electrons. The summed E-state index contributed by atoms with van der Waals surface area (Å²) < 4.78 is 0. The molecule has 6 nitrogen and oxygen atoms in total. The van der Waals surface area contributed by atoms with E-state index in [1.165, 1.54) is 0 Å². The van der Waals surface area contributed by atoms with Gasteiger partial charge in [0.2, 0.25) is 5.91 Å². The Bertz CT molecular complexity index is 938. The number of aryl methyl sites for hydroxylation is 1. The van der Waals surface area contributed by atoms with Crippen LogP contribution >= 0.6 is 0 Å². The molecule has 0 bridgehead atoms. The van der Waals surface area contributed by atoms with Crippen molar-refractivity contribution in [2.75, 3.05) is 25.0 Å². The van der Waals surface area contributed by atoms with Crippen LogP contribution in [0.2, 0.25) is 0 Å². The van der Waals surface area contributed by atoms with Crippen molar-refractivity contribution in [2.45, 2.75) is 32.2 Å². The summed E-state index contributed by atoms with van der Waals surface area (Å²) in [5.41, 5.74) is 3.17. The highest BCUT2D eigenvalue weighted by Crippen LogP contribution is 2.30.